The summed E-state index contributed by atoms with van der Waals surface area (Å²) >= 11 is 0. The minimum Gasteiger partial charge on any atom is -0.508 e. The van der Waals surface area contributed by atoms with Gasteiger partial charge in [-0.25, -0.2) is 9.98 Å². The monoisotopic (exact) mass is 659 g/mol. The molecule has 3 heterocycles. The van der Waals surface area contributed by atoms with Crippen LogP contribution in [-0.2, 0) is 17.8 Å². The molecule has 8 nitrogen and oxygen atoms in total. The number of aliphatic imine (C=N–C) groups is 1. The Bertz CT molecular complexity index is 1720. The zero-order chi connectivity index (χ0) is 34.8. The van der Waals surface area contributed by atoms with E-state index in [9.17, 15) is 23.1 Å². The van der Waals surface area contributed by atoms with Crippen LogP contribution in [0.25, 0.3) is 5.70 Å². The van der Waals surface area contributed by atoms with Gasteiger partial charge >= 0.3 is 6.36 Å². The highest BCUT2D eigenvalue weighted by atomic mass is 19.4. The van der Waals surface area contributed by atoms with E-state index in [0.29, 0.717) is 17.2 Å². The zero-order valence-corrected chi connectivity index (χ0v) is 27.7. The minimum atomic E-state index is -4.81. The number of alkyl halides is 3. The van der Waals surface area contributed by atoms with Gasteiger partial charge < -0.3 is 14.7 Å². The van der Waals surface area contributed by atoms with Crippen molar-refractivity contribution in [1.82, 2.24) is 14.9 Å². The fraction of sp³-hybridized carbons (Fsp3) is 0.297. The van der Waals surface area contributed by atoms with Crippen molar-refractivity contribution in [2.45, 2.75) is 72.8 Å². The number of hydrogen-bond donors (Lipinski definition) is 1. The molecule has 1 saturated carbocycles. The van der Waals surface area contributed by atoms with E-state index in [-0.39, 0.29) is 30.4 Å². The molecule has 11 heteroatoms. The van der Waals surface area contributed by atoms with E-state index >= 15 is 0 Å². The lowest BCUT2D eigenvalue weighted by atomic mass is 10.0. The van der Waals surface area contributed by atoms with E-state index in [1.165, 1.54) is 29.8 Å². The number of amidine groups is 1. The van der Waals surface area contributed by atoms with Gasteiger partial charge in [0.2, 0.25) is 5.91 Å². The fourth-order valence-electron chi connectivity index (χ4n) is 5.21. The van der Waals surface area contributed by atoms with Crippen molar-refractivity contribution in [2.75, 3.05) is 4.90 Å². The molecular weight excluding hydrogens is 619 g/mol. The van der Waals surface area contributed by atoms with Crippen LogP contribution in [-0.4, -0.2) is 44.1 Å². The van der Waals surface area contributed by atoms with Crippen molar-refractivity contribution >= 4 is 28.9 Å². The van der Waals surface area contributed by atoms with Gasteiger partial charge in [0.1, 0.15) is 17.3 Å². The summed E-state index contributed by atoms with van der Waals surface area (Å²) in [5.74, 6) is 0.629. The molecule has 6 rings (SSSR count). The van der Waals surface area contributed by atoms with E-state index in [2.05, 4.69) is 14.7 Å². The lowest BCUT2D eigenvalue weighted by molar-refractivity contribution is -0.274. The normalized spacial score (nSPS) is 13.9. The number of carbonyl (C=O) groups excluding carboxylic acids is 1. The molecule has 2 aromatic carbocycles. The molecule has 48 heavy (non-hydrogen) atoms. The van der Waals surface area contributed by atoms with E-state index in [4.69, 9.17) is 4.99 Å². The summed E-state index contributed by atoms with van der Waals surface area (Å²) in [4.78, 5) is 31.5. The second-order valence-corrected chi connectivity index (χ2v) is 10.6. The number of phenolic OH excluding ortho intramolecular Hbond substituents is 1. The van der Waals surface area contributed by atoms with Gasteiger partial charge in [-0.05, 0) is 91.1 Å². The number of amides is 1. The lowest BCUT2D eigenvalue weighted by Gasteiger charge is -2.39. The second kappa shape index (κ2) is 16.1. The molecule has 1 aliphatic carbocycles. The number of pyridine rings is 2. The number of anilines is 1. The van der Waals surface area contributed by atoms with E-state index in [1.54, 1.807) is 53.8 Å². The van der Waals surface area contributed by atoms with E-state index in [1.807, 2.05) is 57.7 Å². The molecule has 0 bridgehead atoms. The number of aromatic nitrogens is 2. The summed E-state index contributed by atoms with van der Waals surface area (Å²) in [5, 5.41) is 10.0. The Labute approximate surface area is 279 Å². The van der Waals surface area contributed by atoms with Gasteiger partial charge in [0, 0.05) is 36.4 Å². The van der Waals surface area contributed by atoms with Gasteiger partial charge in [0.05, 0.1) is 18.2 Å². The molecule has 2 aliphatic rings. The molecule has 1 atom stereocenters. The Morgan fingerprint density at radius 2 is 1.60 bits per heavy atom. The molecule has 252 valence electrons. The van der Waals surface area contributed by atoms with Gasteiger partial charge in [-0.3, -0.25) is 14.7 Å². The molecular formula is C37H40F3N5O3. The average molecular weight is 660 g/mol. The van der Waals surface area contributed by atoms with Gasteiger partial charge in [-0.1, -0.05) is 45.9 Å². The number of allylic oxidation sites excluding steroid dienone is 1. The summed E-state index contributed by atoms with van der Waals surface area (Å²) in [6.07, 6.45) is 1.99. The number of rotatable bonds is 8. The van der Waals surface area contributed by atoms with Crippen LogP contribution in [0.5, 0.6) is 11.5 Å². The maximum Gasteiger partial charge on any atom is 0.573 e. The third-order valence-corrected chi connectivity index (χ3v) is 7.41. The number of fused-ring (bicyclic) bond motifs is 1. The SMILES string of the molecule is CC.CC.CC(C1=Nc2ncccc2C(=C2CC2)N1c1ccc(O)cc1)N(Cc1cccnc1)C(=O)Cc1ccc(OC(F)(F)F)cc1. The first kappa shape index (κ1) is 35.7. The number of nitrogens with zero attached hydrogens (tertiary/aromatic N) is 5. The third kappa shape index (κ3) is 8.78. The molecule has 0 saturated heterocycles. The highest BCUT2D eigenvalue weighted by molar-refractivity contribution is 6.16. The number of carbonyl (C=O) groups is 1. The number of aromatic hydroxyl groups is 1. The first-order valence-electron chi connectivity index (χ1n) is 16.0. The van der Waals surface area contributed by atoms with Crippen molar-refractivity contribution in [3.8, 4) is 11.5 Å². The molecule has 1 amide bonds. The maximum absolute atomic E-state index is 14.0. The molecule has 1 fully saturated rings. The summed E-state index contributed by atoms with van der Waals surface area (Å²) in [5.41, 5.74) is 5.18. The van der Waals surface area contributed by atoms with Crippen LogP contribution in [0.4, 0.5) is 24.7 Å². The van der Waals surface area contributed by atoms with Crippen molar-refractivity contribution in [2.24, 2.45) is 4.99 Å². The molecule has 1 unspecified atom stereocenters. The maximum atomic E-state index is 14.0. The topological polar surface area (TPSA) is 91.1 Å². The average Bonchev–Trinajstić information content (AvgIpc) is 3.94. The largest absolute Gasteiger partial charge is 0.573 e. The smallest absolute Gasteiger partial charge is 0.508 e. The second-order valence-electron chi connectivity index (χ2n) is 10.6. The summed E-state index contributed by atoms with van der Waals surface area (Å²) in [7, 11) is 0. The van der Waals surface area contributed by atoms with Crippen LogP contribution in [0, 0.1) is 0 Å². The van der Waals surface area contributed by atoms with Crippen LogP contribution in [0.15, 0.2) is 102 Å². The van der Waals surface area contributed by atoms with Crippen molar-refractivity contribution in [1.29, 1.82) is 0 Å². The van der Waals surface area contributed by atoms with E-state index in [0.717, 1.165) is 35.4 Å². The van der Waals surface area contributed by atoms with Gasteiger partial charge in [0.25, 0.3) is 0 Å². The summed E-state index contributed by atoms with van der Waals surface area (Å²) < 4.78 is 41.9. The highest BCUT2D eigenvalue weighted by Gasteiger charge is 2.37. The lowest BCUT2D eigenvalue weighted by Crippen LogP contribution is -2.50. The fourth-order valence-corrected chi connectivity index (χ4v) is 5.21. The van der Waals surface area contributed by atoms with Crippen LogP contribution in [0.3, 0.4) is 0 Å². The van der Waals surface area contributed by atoms with Gasteiger partial charge in [0.15, 0.2) is 5.82 Å². The number of halogens is 3. The molecule has 0 radical (unpaired) electrons. The molecule has 1 aliphatic heterocycles. The highest BCUT2D eigenvalue weighted by Crippen LogP contribution is 2.45. The number of benzene rings is 2. The van der Waals surface area contributed by atoms with Crippen LogP contribution < -0.4 is 9.64 Å². The standard InChI is InChI=1S/C33H28F3N5O3.2C2H6/c1-21(32-39-31-28(5-3-17-38-31)30(24-8-9-24)41(32)25-10-12-26(42)13-11-25)40(20-23-4-2-16-37-19-23)29(43)18-22-6-14-27(15-7-22)44-33(34,35)36;2*1-2/h2-7,10-17,19,21,42H,8-9,18,20H2,1H3;2*1-2H3. The van der Waals surface area contributed by atoms with Gasteiger partial charge in [-0.2, -0.15) is 0 Å². The molecule has 4 aromatic rings. The summed E-state index contributed by atoms with van der Waals surface area (Å²) in [6, 6.07) is 19.0. The predicted octanol–water partition coefficient (Wildman–Crippen LogP) is 8.85. The Hall–Kier alpha value is -5.19. The zero-order valence-electron chi connectivity index (χ0n) is 27.7. The number of phenols is 1. The molecule has 0 spiro atoms. The quantitative estimate of drug-likeness (QED) is 0.203. The molecule has 1 N–H and O–H groups in total. The van der Waals surface area contributed by atoms with Crippen LogP contribution in [0.2, 0.25) is 0 Å². The molecule has 2 aromatic heterocycles. The van der Waals surface area contributed by atoms with Crippen molar-refractivity contribution in [3.05, 3.63) is 114 Å². The van der Waals surface area contributed by atoms with Gasteiger partial charge in [-0.15, -0.1) is 13.2 Å². The van der Waals surface area contributed by atoms with Crippen molar-refractivity contribution < 1.29 is 27.8 Å². The minimum absolute atomic E-state index is 0.0633. The Morgan fingerprint density at radius 3 is 2.21 bits per heavy atom. The first-order valence-corrected chi connectivity index (χ1v) is 16.0. The van der Waals surface area contributed by atoms with Crippen LogP contribution in [0.1, 0.15) is 64.2 Å². The predicted molar refractivity (Wildman–Crippen MR) is 182 cm³/mol. The number of hydrogen-bond acceptors (Lipinski definition) is 7. The van der Waals surface area contributed by atoms with E-state index < -0.39 is 12.4 Å². The summed E-state index contributed by atoms with van der Waals surface area (Å²) in [6.45, 7) is 10.1. The van der Waals surface area contributed by atoms with Crippen LogP contribution >= 0.6 is 0 Å². The third-order valence-electron chi connectivity index (χ3n) is 7.41. The Morgan fingerprint density at radius 1 is 0.938 bits per heavy atom. The first-order chi connectivity index (χ1) is 23.2. The Balaban J connectivity index is 0.00000125. The van der Waals surface area contributed by atoms with Crippen molar-refractivity contribution in [3.63, 3.8) is 0 Å². The Kier molecular flexibility index (Phi) is 11.9. The number of ether oxygens (including phenoxy) is 1.